The first-order valence-corrected chi connectivity index (χ1v) is 12.1. The van der Waals surface area contributed by atoms with Crippen LogP contribution in [0.3, 0.4) is 0 Å². The third-order valence-corrected chi connectivity index (χ3v) is 5.92. The molecule has 5 rings (SSSR count). The average Bonchev–Trinajstić information content (AvgIpc) is 3.38. The number of hydrazine groups is 1. The molecule has 0 atom stereocenters. The quantitative estimate of drug-likeness (QED) is 0.160. The van der Waals surface area contributed by atoms with Crippen LogP contribution in [0.4, 0.5) is 5.69 Å². The van der Waals surface area contributed by atoms with Gasteiger partial charge in [0.25, 0.3) is 5.69 Å². The van der Waals surface area contributed by atoms with E-state index in [4.69, 9.17) is 11.1 Å². The average molecular weight is 519 g/mol. The van der Waals surface area contributed by atoms with E-state index in [2.05, 4.69) is 11.2 Å². The Balaban J connectivity index is 0.000000202. The first-order chi connectivity index (χ1) is 18.9. The number of ketones is 1. The van der Waals surface area contributed by atoms with Gasteiger partial charge in [-0.2, -0.15) is 10.4 Å². The van der Waals surface area contributed by atoms with Crippen LogP contribution < -0.4 is 5.84 Å². The van der Waals surface area contributed by atoms with Crippen LogP contribution in [0.25, 0.3) is 0 Å². The Kier molecular flexibility index (Phi) is 8.75. The minimum atomic E-state index is -0.408. The van der Waals surface area contributed by atoms with Crippen molar-refractivity contribution in [2.45, 2.75) is 13.0 Å². The van der Waals surface area contributed by atoms with E-state index in [0.717, 1.165) is 11.1 Å². The summed E-state index contributed by atoms with van der Waals surface area (Å²) in [4.78, 5) is 23.4. The van der Waals surface area contributed by atoms with E-state index in [1.807, 2.05) is 59.6 Å². The third kappa shape index (κ3) is 7.35. The molecule has 39 heavy (non-hydrogen) atoms. The van der Waals surface area contributed by atoms with E-state index < -0.39 is 4.92 Å². The maximum absolute atomic E-state index is 12.6. The number of carbonyl (C=O) groups is 1. The molecule has 0 spiro atoms. The Hall–Kier alpha value is -5.33. The predicted octanol–water partition coefficient (Wildman–Crippen LogP) is 4.87. The highest BCUT2D eigenvalue weighted by Gasteiger charge is 2.18. The van der Waals surface area contributed by atoms with Crippen molar-refractivity contribution in [1.29, 1.82) is 5.26 Å². The number of hydrogen-bond donors (Lipinski definition) is 1. The molecule has 4 aromatic rings. The van der Waals surface area contributed by atoms with E-state index in [1.165, 1.54) is 17.1 Å². The van der Waals surface area contributed by atoms with E-state index in [1.54, 1.807) is 42.7 Å². The molecule has 194 valence electrons. The van der Waals surface area contributed by atoms with Crippen LogP contribution in [0.5, 0.6) is 0 Å². The Morgan fingerprint density at radius 3 is 2.26 bits per heavy atom. The molecule has 0 saturated heterocycles. The summed E-state index contributed by atoms with van der Waals surface area (Å²) in [5.74, 6) is 5.39. The maximum Gasteiger partial charge on any atom is 0.272 e. The first-order valence-electron chi connectivity index (χ1n) is 12.1. The zero-order chi connectivity index (χ0) is 27.6. The Morgan fingerprint density at radius 1 is 0.923 bits per heavy atom. The van der Waals surface area contributed by atoms with Crippen LogP contribution in [0.2, 0.25) is 0 Å². The summed E-state index contributed by atoms with van der Waals surface area (Å²) in [6.07, 6.45) is 1.99. The number of nitrogens with zero attached hydrogens (tertiary/aromatic N) is 5. The van der Waals surface area contributed by atoms with E-state index in [-0.39, 0.29) is 11.5 Å². The summed E-state index contributed by atoms with van der Waals surface area (Å²) < 4.78 is 0. The van der Waals surface area contributed by atoms with Crippen molar-refractivity contribution in [3.05, 3.63) is 147 Å². The zero-order valence-corrected chi connectivity index (χ0v) is 21.1. The first kappa shape index (κ1) is 26.7. The van der Waals surface area contributed by atoms with Crippen molar-refractivity contribution in [2.75, 3.05) is 6.67 Å². The summed E-state index contributed by atoms with van der Waals surface area (Å²) in [5.41, 5.74) is 4.28. The van der Waals surface area contributed by atoms with Gasteiger partial charge in [-0.3, -0.25) is 24.9 Å². The van der Waals surface area contributed by atoms with Crippen molar-refractivity contribution in [2.24, 2.45) is 10.9 Å². The number of benzene rings is 4. The predicted molar refractivity (Wildman–Crippen MR) is 148 cm³/mol. The lowest BCUT2D eigenvalue weighted by Crippen LogP contribution is -2.31. The zero-order valence-electron chi connectivity index (χ0n) is 21.1. The van der Waals surface area contributed by atoms with Crippen LogP contribution in [0, 0.1) is 21.4 Å². The number of nitro benzene ring substituents is 1. The van der Waals surface area contributed by atoms with Gasteiger partial charge in [0.2, 0.25) is 0 Å². The molecule has 0 radical (unpaired) electrons. The van der Waals surface area contributed by atoms with Crippen molar-refractivity contribution < 1.29 is 9.72 Å². The van der Waals surface area contributed by atoms with Crippen LogP contribution in [0.1, 0.15) is 38.2 Å². The molecule has 1 aliphatic heterocycles. The van der Waals surface area contributed by atoms with Crippen molar-refractivity contribution in [3.63, 3.8) is 0 Å². The molecule has 0 bridgehead atoms. The van der Waals surface area contributed by atoms with Gasteiger partial charge in [0.15, 0.2) is 5.78 Å². The molecule has 0 aliphatic carbocycles. The minimum absolute atomic E-state index is 0.0310. The largest absolute Gasteiger partial charge is 0.289 e. The second-order valence-electron chi connectivity index (χ2n) is 8.82. The Labute approximate surface area is 226 Å². The van der Waals surface area contributed by atoms with Gasteiger partial charge in [0, 0.05) is 29.2 Å². The molecule has 0 saturated carbocycles. The molecule has 9 nitrogen and oxygen atoms in total. The number of hydrazone groups is 1. The molecule has 0 fully saturated rings. The molecule has 1 aliphatic rings. The molecular weight excluding hydrogens is 492 g/mol. The fourth-order valence-electron chi connectivity index (χ4n) is 4.06. The Morgan fingerprint density at radius 2 is 1.62 bits per heavy atom. The van der Waals surface area contributed by atoms with E-state index in [0.29, 0.717) is 41.9 Å². The van der Waals surface area contributed by atoms with Gasteiger partial charge in [0.1, 0.15) is 13.0 Å². The number of rotatable bonds is 7. The molecule has 9 heteroatoms. The highest BCUT2D eigenvalue weighted by molar-refractivity contribution is 6.09. The SMILES string of the molecule is N#Cc1cccc(CN2CN(N)C=N2)c1.O=C(c1ccccc1)c1ccc([N+](=O)[O-])c(Cc2ccccc2)c1. The van der Waals surface area contributed by atoms with Crippen LogP contribution in [-0.4, -0.2) is 33.7 Å². The van der Waals surface area contributed by atoms with Crippen LogP contribution in [0.15, 0.2) is 108 Å². The Bertz CT molecular complexity index is 1520. The van der Waals surface area contributed by atoms with Crippen molar-refractivity contribution >= 4 is 17.8 Å². The molecule has 0 aromatic heterocycles. The van der Waals surface area contributed by atoms with Gasteiger partial charge in [-0.1, -0.05) is 72.8 Å². The second-order valence-corrected chi connectivity index (χ2v) is 8.82. The molecule has 0 unspecified atom stereocenters. The normalized spacial score (nSPS) is 11.9. The number of nitriles is 1. The number of hydrogen-bond acceptors (Lipinski definition) is 8. The molecule has 1 heterocycles. The molecule has 2 N–H and O–H groups in total. The summed E-state index contributed by atoms with van der Waals surface area (Å²) in [6, 6.07) is 32.5. The van der Waals surface area contributed by atoms with Gasteiger partial charge in [-0.15, -0.1) is 0 Å². The highest BCUT2D eigenvalue weighted by atomic mass is 16.6. The monoisotopic (exact) mass is 518 g/mol. The standard InChI is InChI=1S/C20H15NO3.C10H11N5/c22-20(16-9-5-2-6-10-16)17-11-12-19(21(23)24)18(14-17)13-15-7-3-1-4-8-15;11-5-9-2-1-3-10(4-9)6-15-8-14(12)7-13-15/h1-12,14H,13H2;1-4,7H,6,8,12H2. The second kappa shape index (κ2) is 12.8. The van der Waals surface area contributed by atoms with E-state index >= 15 is 0 Å². The number of carbonyl (C=O) groups excluding carboxylic acids is 1. The molecule has 4 aromatic carbocycles. The fraction of sp³-hybridized carbons (Fsp3) is 0.100. The lowest BCUT2D eigenvalue weighted by atomic mass is 9.97. The summed E-state index contributed by atoms with van der Waals surface area (Å²) >= 11 is 0. The minimum Gasteiger partial charge on any atom is -0.289 e. The van der Waals surface area contributed by atoms with E-state index in [9.17, 15) is 14.9 Å². The topological polar surface area (TPSA) is 129 Å². The fourth-order valence-corrected chi connectivity index (χ4v) is 4.06. The van der Waals surface area contributed by atoms with Gasteiger partial charge in [0.05, 0.1) is 23.1 Å². The smallest absolute Gasteiger partial charge is 0.272 e. The van der Waals surface area contributed by atoms with Crippen LogP contribution in [-0.2, 0) is 13.0 Å². The van der Waals surface area contributed by atoms with Crippen molar-refractivity contribution in [3.8, 4) is 6.07 Å². The molecular formula is C30H26N6O3. The molecule has 0 amide bonds. The van der Waals surface area contributed by atoms with Gasteiger partial charge < -0.3 is 0 Å². The van der Waals surface area contributed by atoms with Crippen LogP contribution >= 0.6 is 0 Å². The van der Waals surface area contributed by atoms with Crippen molar-refractivity contribution in [1.82, 2.24) is 10.0 Å². The number of nitrogens with two attached hydrogens (primary N) is 1. The highest BCUT2D eigenvalue weighted by Crippen LogP contribution is 2.24. The van der Waals surface area contributed by atoms with Gasteiger partial charge in [-0.05, 0) is 35.4 Å². The lowest BCUT2D eigenvalue weighted by Gasteiger charge is -2.15. The van der Waals surface area contributed by atoms with Gasteiger partial charge in [-0.25, -0.2) is 5.84 Å². The third-order valence-electron chi connectivity index (χ3n) is 5.92. The summed E-state index contributed by atoms with van der Waals surface area (Å²) in [7, 11) is 0. The summed E-state index contributed by atoms with van der Waals surface area (Å²) in [5, 5.41) is 27.5. The maximum atomic E-state index is 12.6. The van der Waals surface area contributed by atoms with Gasteiger partial charge >= 0.3 is 0 Å². The summed E-state index contributed by atoms with van der Waals surface area (Å²) in [6.45, 7) is 1.25. The number of nitro groups is 1. The lowest BCUT2D eigenvalue weighted by molar-refractivity contribution is -0.385.